The Hall–Kier alpha value is -0.430. The molecule has 4 nitrogen and oxygen atoms in total. The van der Waals surface area contributed by atoms with Crippen LogP contribution < -0.4 is 0 Å². The minimum atomic E-state index is -0.387. The van der Waals surface area contributed by atoms with Crippen molar-refractivity contribution in [1.82, 2.24) is 0 Å². The summed E-state index contributed by atoms with van der Waals surface area (Å²) >= 11 is 6.76. The maximum atomic E-state index is 11.7. The fourth-order valence-electron chi connectivity index (χ4n) is 1.61. The lowest BCUT2D eigenvalue weighted by molar-refractivity contribution is -0.382. The van der Waals surface area contributed by atoms with Crippen molar-refractivity contribution in [2.45, 2.75) is 26.4 Å². The third-order valence-electron chi connectivity index (χ3n) is 2.47. The molecule has 18 heavy (non-hydrogen) atoms. The number of benzene rings is 1. The Morgan fingerprint density at radius 1 is 1.33 bits per heavy atom. The van der Waals surface area contributed by atoms with E-state index < -0.39 is 0 Å². The van der Waals surface area contributed by atoms with E-state index >= 15 is 0 Å². The van der Waals surface area contributed by atoms with Crippen molar-refractivity contribution in [2.75, 3.05) is 6.61 Å². The molecule has 1 aromatic carbocycles. The van der Waals surface area contributed by atoms with Crippen molar-refractivity contribution in [3.63, 3.8) is 0 Å². The van der Waals surface area contributed by atoms with Gasteiger partial charge in [0, 0.05) is 14.5 Å². The van der Waals surface area contributed by atoms with Gasteiger partial charge in [-0.1, -0.05) is 15.9 Å². The molecule has 0 aromatic heterocycles. The average Bonchev–Trinajstić information content (AvgIpc) is 2.28. The summed E-state index contributed by atoms with van der Waals surface area (Å²) in [6, 6.07) is 3.50. The second kappa shape index (κ2) is 5.69. The molecule has 1 aromatic rings. The van der Waals surface area contributed by atoms with Crippen LogP contribution in [0, 0.1) is 0 Å². The highest BCUT2D eigenvalue weighted by Gasteiger charge is 2.31. The summed E-state index contributed by atoms with van der Waals surface area (Å²) in [5, 5.41) is 0. The number of carbonyl (C=O) groups is 1. The number of rotatable bonds is 3. The summed E-state index contributed by atoms with van der Waals surface area (Å²) in [4.78, 5) is 11.7. The van der Waals surface area contributed by atoms with Gasteiger partial charge in [-0.25, -0.2) is 4.79 Å². The lowest BCUT2D eigenvalue weighted by Gasteiger charge is -2.34. The van der Waals surface area contributed by atoms with Crippen LogP contribution in [0.25, 0.3) is 0 Å². The third-order valence-corrected chi connectivity index (χ3v) is 3.81. The van der Waals surface area contributed by atoms with Gasteiger partial charge >= 0.3 is 5.97 Å². The fourth-order valence-corrected chi connectivity index (χ4v) is 2.67. The van der Waals surface area contributed by atoms with E-state index in [4.69, 9.17) is 14.2 Å². The lowest BCUT2D eigenvalue weighted by Crippen LogP contribution is -2.31. The largest absolute Gasteiger partial charge is 0.462 e. The number of hydrogen-bond acceptors (Lipinski definition) is 4. The van der Waals surface area contributed by atoms with Crippen LogP contribution in [0.4, 0.5) is 0 Å². The van der Waals surface area contributed by atoms with Gasteiger partial charge in [0.2, 0.25) is 0 Å². The van der Waals surface area contributed by atoms with Crippen LogP contribution >= 0.6 is 31.9 Å². The Bertz CT molecular complexity index is 469. The van der Waals surface area contributed by atoms with Gasteiger partial charge in [0.25, 0.3) is 0 Å². The molecule has 6 heteroatoms. The van der Waals surface area contributed by atoms with Crippen LogP contribution in [0.3, 0.4) is 0 Å². The van der Waals surface area contributed by atoms with Crippen molar-refractivity contribution in [2.24, 2.45) is 0 Å². The Balaban J connectivity index is 2.26. The molecule has 0 saturated carbocycles. The summed E-state index contributed by atoms with van der Waals surface area (Å²) in [5.41, 5.74) is 1.31. The molecule has 0 N–H and O–H groups in total. The number of hydrogen-bond donors (Lipinski definition) is 0. The van der Waals surface area contributed by atoms with Crippen molar-refractivity contribution < 1.29 is 19.0 Å². The monoisotopic (exact) mass is 378 g/mol. The number of ether oxygens (including phenoxy) is 3. The van der Waals surface area contributed by atoms with E-state index in [1.807, 2.05) is 6.92 Å². The Labute approximate surface area is 122 Å². The average molecular weight is 380 g/mol. The summed E-state index contributed by atoms with van der Waals surface area (Å²) in [6.45, 7) is 3.94. The maximum absolute atomic E-state index is 11.7. The first-order chi connectivity index (χ1) is 8.52. The van der Waals surface area contributed by atoms with Crippen LogP contribution in [-0.4, -0.2) is 18.9 Å². The predicted octanol–water partition coefficient (Wildman–Crippen LogP) is 3.78. The van der Waals surface area contributed by atoms with Crippen LogP contribution in [-0.2, 0) is 14.2 Å². The molecule has 1 aliphatic heterocycles. The number of halogens is 2. The first kappa shape index (κ1) is 14.0. The molecule has 0 spiro atoms. The van der Waals surface area contributed by atoms with Crippen LogP contribution in [0.2, 0.25) is 0 Å². The van der Waals surface area contributed by atoms with Gasteiger partial charge in [0.05, 0.1) is 12.2 Å². The van der Waals surface area contributed by atoms with Crippen molar-refractivity contribution in [3.05, 3.63) is 32.2 Å². The maximum Gasteiger partial charge on any atom is 0.339 e. The van der Waals surface area contributed by atoms with E-state index in [0.717, 1.165) is 10.0 Å². The first-order valence-electron chi connectivity index (χ1n) is 5.50. The standard InChI is InChI=1S/C12H12Br2O4/c1-3-16-11(15)7-4-10(14)8(5-9(7)13)12-17-6(2)18-12/h4-6,12H,3H2,1-2H3. The molecule has 0 unspecified atom stereocenters. The van der Waals surface area contributed by atoms with E-state index in [-0.39, 0.29) is 18.5 Å². The van der Waals surface area contributed by atoms with Crippen molar-refractivity contribution >= 4 is 37.8 Å². The summed E-state index contributed by atoms with van der Waals surface area (Å²) < 4.78 is 17.2. The second-order valence-corrected chi connectivity index (χ2v) is 5.45. The Morgan fingerprint density at radius 2 is 2.00 bits per heavy atom. The van der Waals surface area contributed by atoms with E-state index in [1.165, 1.54) is 0 Å². The summed E-state index contributed by atoms with van der Waals surface area (Å²) in [6.07, 6.45) is -0.577. The van der Waals surface area contributed by atoms with Gasteiger partial charge in [0.15, 0.2) is 12.6 Å². The highest BCUT2D eigenvalue weighted by molar-refractivity contribution is 9.11. The minimum Gasteiger partial charge on any atom is -0.462 e. The van der Waals surface area contributed by atoms with Crippen LogP contribution in [0.5, 0.6) is 0 Å². The minimum absolute atomic E-state index is 0.189. The Morgan fingerprint density at radius 3 is 2.56 bits per heavy atom. The molecule has 0 aliphatic carbocycles. The highest BCUT2D eigenvalue weighted by atomic mass is 79.9. The Kier molecular flexibility index (Phi) is 4.42. The highest BCUT2D eigenvalue weighted by Crippen LogP contribution is 2.38. The molecule has 2 rings (SSSR count). The topological polar surface area (TPSA) is 44.8 Å². The van der Waals surface area contributed by atoms with E-state index in [9.17, 15) is 4.79 Å². The predicted molar refractivity (Wildman–Crippen MR) is 72.2 cm³/mol. The van der Waals surface area contributed by atoms with Crippen molar-refractivity contribution in [3.8, 4) is 0 Å². The van der Waals surface area contributed by atoms with E-state index in [1.54, 1.807) is 19.1 Å². The fraction of sp³-hybridized carbons (Fsp3) is 0.417. The van der Waals surface area contributed by atoms with Gasteiger partial charge in [-0.15, -0.1) is 0 Å². The second-order valence-electron chi connectivity index (χ2n) is 3.75. The molecular formula is C12H12Br2O4. The molecule has 0 atom stereocenters. The van der Waals surface area contributed by atoms with E-state index in [2.05, 4.69) is 31.9 Å². The molecule has 1 saturated heterocycles. The lowest BCUT2D eigenvalue weighted by atomic mass is 10.1. The molecule has 98 valence electrons. The van der Waals surface area contributed by atoms with E-state index in [0.29, 0.717) is 16.6 Å². The molecule has 1 heterocycles. The zero-order valence-corrected chi connectivity index (χ0v) is 13.1. The number of esters is 1. The summed E-state index contributed by atoms with van der Waals surface area (Å²) in [5.74, 6) is -0.361. The molecule has 0 bridgehead atoms. The first-order valence-corrected chi connectivity index (χ1v) is 7.08. The SMILES string of the molecule is CCOC(=O)c1cc(Br)c(C2OC(C)O2)cc1Br. The van der Waals surface area contributed by atoms with Crippen LogP contribution in [0.1, 0.15) is 36.1 Å². The smallest absolute Gasteiger partial charge is 0.339 e. The molecular weight excluding hydrogens is 368 g/mol. The summed E-state index contributed by atoms with van der Waals surface area (Å²) in [7, 11) is 0. The van der Waals surface area contributed by atoms with Gasteiger partial charge in [-0.3, -0.25) is 0 Å². The van der Waals surface area contributed by atoms with Crippen LogP contribution in [0.15, 0.2) is 21.1 Å². The molecule has 0 radical (unpaired) electrons. The van der Waals surface area contributed by atoms with Crippen molar-refractivity contribution in [1.29, 1.82) is 0 Å². The van der Waals surface area contributed by atoms with Gasteiger partial charge in [0.1, 0.15) is 0 Å². The normalized spacial score (nSPS) is 22.4. The zero-order valence-electron chi connectivity index (χ0n) is 9.91. The zero-order chi connectivity index (χ0) is 13.3. The third kappa shape index (κ3) is 2.77. The molecule has 0 amide bonds. The quantitative estimate of drug-likeness (QED) is 0.749. The van der Waals surface area contributed by atoms with Gasteiger partial charge < -0.3 is 14.2 Å². The number of carbonyl (C=O) groups excluding carboxylic acids is 1. The molecule has 1 aliphatic rings. The van der Waals surface area contributed by atoms with Gasteiger partial charge in [-0.2, -0.15) is 0 Å². The molecule has 1 fully saturated rings. The van der Waals surface area contributed by atoms with Gasteiger partial charge in [-0.05, 0) is 41.9 Å².